The molecule has 0 radical (unpaired) electrons. The SMILES string of the molecule is Cc1cc(N)nc(C)c1CNC(=O)c1ccc2c(c1)C1OC2c2cc(-c3cc(Cl)ccc3F)ccc21. The van der Waals surface area contributed by atoms with Crippen molar-refractivity contribution in [1.29, 1.82) is 0 Å². The second-order valence-electron chi connectivity index (χ2n) is 9.32. The molecular weight excluding hydrogens is 477 g/mol. The molecule has 2 atom stereocenters. The Bertz CT molecular complexity index is 1550. The molecule has 2 aliphatic rings. The zero-order chi connectivity index (χ0) is 25.1. The van der Waals surface area contributed by atoms with Crippen LogP contribution in [0.5, 0.6) is 0 Å². The first-order valence-electron chi connectivity index (χ1n) is 11.7. The van der Waals surface area contributed by atoms with Crippen LogP contribution >= 0.6 is 11.6 Å². The van der Waals surface area contributed by atoms with E-state index in [4.69, 9.17) is 22.1 Å². The lowest BCUT2D eigenvalue weighted by molar-refractivity contribution is 0.0857. The van der Waals surface area contributed by atoms with Gasteiger partial charge in [-0.3, -0.25) is 4.79 Å². The van der Waals surface area contributed by atoms with Crippen LogP contribution in [-0.4, -0.2) is 10.9 Å². The molecule has 4 aromatic rings. The highest BCUT2D eigenvalue weighted by molar-refractivity contribution is 6.30. The number of aryl methyl sites for hydroxylation is 2. The number of nitrogens with one attached hydrogen (secondary N) is 1. The Labute approximate surface area is 213 Å². The van der Waals surface area contributed by atoms with Gasteiger partial charge < -0.3 is 15.8 Å². The van der Waals surface area contributed by atoms with Gasteiger partial charge in [0.2, 0.25) is 0 Å². The van der Waals surface area contributed by atoms with Crippen LogP contribution in [0.2, 0.25) is 5.02 Å². The van der Waals surface area contributed by atoms with Crippen LogP contribution in [0.3, 0.4) is 0 Å². The molecule has 7 heteroatoms. The quantitative estimate of drug-likeness (QED) is 0.351. The number of anilines is 1. The number of ether oxygens (including phenoxy) is 1. The fourth-order valence-electron chi connectivity index (χ4n) is 5.30. The molecule has 5 nitrogen and oxygen atoms in total. The van der Waals surface area contributed by atoms with Crippen LogP contribution in [-0.2, 0) is 11.3 Å². The van der Waals surface area contributed by atoms with E-state index in [2.05, 4.69) is 10.3 Å². The predicted molar refractivity (Wildman–Crippen MR) is 137 cm³/mol. The van der Waals surface area contributed by atoms with Gasteiger partial charge in [-0.05, 0) is 95.3 Å². The topological polar surface area (TPSA) is 77.2 Å². The number of halogens is 2. The molecule has 0 fully saturated rings. The summed E-state index contributed by atoms with van der Waals surface area (Å²) in [4.78, 5) is 17.3. The van der Waals surface area contributed by atoms with Gasteiger partial charge in [-0.25, -0.2) is 9.37 Å². The summed E-state index contributed by atoms with van der Waals surface area (Å²) in [5, 5.41) is 3.48. The second kappa shape index (κ2) is 8.43. The number of carbonyl (C=O) groups excluding carboxylic acids is 1. The molecule has 0 spiro atoms. The molecule has 2 unspecified atom stereocenters. The van der Waals surface area contributed by atoms with Crippen LogP contribution in [0.15, 0.2) is 60.7 Å². The van der Waals surface area contributed by atoms with E-state index in [1.807, 2.05) is 56.3 Å². The molecule has 2 aliphatic heterocycles. The summed E-state index contributed by atoms with van der Waals surface area (Å²) in [6, 6.07) is 17.9. The Kier molecular flexibility index (Phi) is 5.32. The first kappa shape index (κ1) is 22.7. The summed E-state index contributed by atoms with van der Waals surface area (Å²) in [6.45, 7) is 4.21. The van der Waals surface area contributed by atoms with E-state index in [1.54, 1.807) is 6.07 Å². The number of pyridine rings is 1. The second-order valence-corrected chi connectivity index (χ2v) is 9.75. The average Bonchev–Trinajstić information content (AvgIpc) is 3.41. The lowest BCUT2D eigenvalue weighted by Gasteiger charge is -2.18. The molecule has 180 valence electrons. The first-order chi connectivity index (χ1) is 17.3. The Balaban J connectivity index is 1.25. The van der Waals surface area contributed by atoms with E-state index in [-0.39, 0.29) is 23.9 Å². The van der Waals surface area contributed by atoms with Gasteiger partial charge in [0.05, 0.1) is 0 Å². The van der Waals surface area contributed by atoms with Crippen LogP contribution in [0, 0.1) is 19.7 Å². The van der Waals surface area contributed by atoms with Crippen molar-refractivity contribution in [1.82, 2.24) is 10.3 Å². The normalized spacial score (nSPS) is 17.1. The maximum atomic E-state index is 14.5. The van der Waals surface area contributed by atoms with Crippen molar-refractivity contribution in [3.05, 3.63) is 116 Å². The highest BCUT2D eigenvalue weighted by atomic mass is 35.5. The maximum absolute atomic E-state index is 14.5. The molecule has 0 saturated carbocycles. The molecule has 1 aromatic heterocycles. The van der Waals surface area contributed by atoms with Gasteiger partial charge in [0.1, 0.15) is 23.8 Å². The fraction of sp³-hybridized carbons (Fsp3) is 0.172. The van der Waals surface area contributed by atoms with E-state index in [9.17, 15) is 9.18 Å². The van der Waals surface area contributed by atoms with Crippen LogP contribution in [0.25, 0.3) is 11.1 Å². The number of hydrogen-bond acceptors (Lipinski definition) is 4. The third kappa shape index (κ3) is 3.65. The molecule has 0 aliphatic carbocycles. The molecule has 36 heavy (non-hydrogen) atoms. The Morgan fingerprint density at radius 2 is 1.72 bits per heavy atom. The van der Waals surface area contributed by atoms with E-state index in [0.717, 1.165) is 44.6 Å². The van der Waals surface area contributed by atoms with E-state index < -0.39 is 0 Å². The Morgan fingerprint density at radius 3 is 2.47 bits per heavy atom. The van der Waals surface area contributed by atoms with Gasteiger partial charge in [-0.15, -0.1) is 0 Å². The fourth-order valence-corrected chi connectivity index (χ4v) is 5.47. The van der Waals surface area contributed by atoms with Gasteiger partial charge >= 0.3 is 0 Å². The minimum atomic E-state index is -0.320. The van der Waals surface area contributed by atoms with Crippen molar-refractivity contribution in [2.24, 2.45) is 0 Å². The Morgan fingerprint density at radius 1 is 1.00 bits per heavy atom. The molecule has 3 N–H and O–H groups in total. The standard InChI is InChI=1S/C29H23ClFN3O2/c1-14-9-26(32)34-15(2)24(14)13-33-29(35)17-4-7-20-23(11-17)28-19-6-3-16(10-22(19)27(20)36-28)21-12-18(30)5-8-25(21)31/h3-12,27-28H,13H2,1-2H3,(H2,32,34)(H,33,35). The molecule has 6 rings (SSSR count). The summed E-state index contributed by atoms with van der Waals surface area (Å²) in [6.07, 6.45) is -0.498. The van der Waals surface area contributed by atoms with Crippen molar-refractivity contribution in [3.63, 3.8) is 0 Å². The van der Waals surface area contributed by atoms with E-state index >= 15 is 0 Å². The third-order valence-corrected chi connectivity index (χ3v) is 7.31. The van der Waals surface area contributed by atoms with Crippen LogP contribution in [0.1, 0.15) is 61.6 Å². The van der Waals surface area contributed by atoms with Crippen molar-refractivity contribution in [2.75, 3.05) is 5.73 Å². The third-order valence-electron chi connectivity index (χ3n) is 7.08. The summed E-state index contributed by atoms with van der Waals surface area (Å²) in [5.74, 6) is -0.0123. The molecule has 3 heterocycles. The first-order valence-corrected chi connectivity index (χ1v) is 12.1. The number of nitrogens with zero attached hydrogens (tertiary/aromatic N) is 1. The highest BCUT2D eigenvalue weighted by Crippen LogP contribution is 2.55. The number of nitrogen functional groups attached to an aromatic ring is 1. The average molecular weight is 500 g/mol. The van der Waals surface area contributed by atoms with Gasteiger partial charge in [-0.2, -0.15) is 0 Å². The molecule has 3 aromatic carbocycles. The number of hydrogen-bond donors (Lipinski definition) is 2. The lowest BCUT2D eigenvalue weighted by Crippen LogP contribution is -2.24. The van der Waals surface area contributed by atoms with Gasteiger partial charge in [0.15, 0.2) is 0 Å². The maximum Gasteiger partial charge on any atom is 0.251 e. The summed E-state index contributed by atoms with van der Waals surface area (Å²) >= 11 is 6.10. The van der Waals surface area contributed by atoms with Crippen molar-refractivity contribution in [2.45, 2.75) is 32.6 Å². The van der Waals surface area contributed by atoms with Crippen LogP contribution < -0.4 is 11.1 Å². The summed E-state index contributed by atoms with van der Waals surface area (Å²) in [5.41, 5.74) is 14.4. The Hall–Kier alpha value is -3.74. The smallest absolute Gasteiger partial charge is 0.251 e. The number of rotatable bonds is 4. The van der Waals surface area contributed by atoms with E-state index in [0.29, 0.717) is 28.5 Å². The van der Waals surface area contributed by atoms with Gasteiger partial charge in [-0.1, -0.05) is 29.8 Å². The highest BCUT2D eigenvalue weighted by Gasteiger charge is 2.43. The lowest BCUT2D eigenvalue weighted by atomic mass is 9.83. The molecule has 2 bridgehead atoms. The zero-order valence-electron chi connectivity index (χ0n) is 19.7. The number of carbonyl (C=O) groups is 1. The molecule has 0 saturated heterocycles. The zero-order valence-corrected chi connectivity index (χ0v) is 20.5. The number of benzene rings is 3. The number of nitrogens with two attached hydrogens (primary N) is 1. The monoisotopic (exact) mass is 499 g/mol. The summed E-state index contributed by atoms with van der Waals surface area (Å²) in [7, 11) is 0. The minimum absolute atomic E-state index is 0.164. The molecule has 1 amide bonds. The van der Waals surface area contributed by atoms with Crippen molar-refractivity contribution < 1.29 is 13.9 Å². The van der Waals surface area contributed by atoms with Gasteiger partial charge in [0.25, 0.3) is 5.91 Å². The van der Waals surface area contributed by atoms with Crippen LogP contribution in [0.4, 0.5) is 10.2 Å². The largest absolute Gasteiger partial charge is 0.384 e. The number of fused-ring (bicyclic) bond motifs is 8. The number of amides is 1. The van der Waals surface area contributed by atoms with Crippen molar-refractivity contribution in [3.8, 4) is 11.1 Å². The molecular formula is C29H23ClFN3O2. The van der Waals surface area contributed by atoms with Gasteiger partial charge in [0, 0.05) is 28.4 Å². The van der Waals surface area contributed by atoms with Crippen molar-refractivity contribution >= 4 is 23.3 Å². The number of aromatic nitrogens is 1. The summed E-state index contributed by atoms with van der Waals surface area (Å²) < 4.78 is 20.7. The predicted octanol–water partition coefficient (Wildman–Crippen LogP) is 6.19. The minimum Gasteiger partial charge on any atom is -0.384 e. The van der Waals surface area contributed by atoms with E-state index in [1.165, 1.54) is 12.1 Å².